The smallest absolute Gasteiger partial charge is 0.410 e. The van der Waals surface area contributed by atoms with Gasteiger partial charge < -0.3 is 19.3 Å². The first-order valence-corrected chi connectivity index (χ1v) is 12.6. The standard InChI is InChI=1S/C26H33ClN6O4/c1-16-13-31(24(35)37-26(5,6)7)10-11-32(16)21-20-18(23(34)36-25(2,3)4)14-33(22(20)30-15-29-21)19-12-17(27)8-9-28-19/h8-9,12,14-16H,10-11,13H2,1-7H3/t16-/m0/s1. The van der Waals surface area contributed by atoms with Crippen molar-refractivity contribution in [3.63, 3.8) is 0 Å². The van der Waals surface area contributed by atoms with Crippen molar-refractivity contribution in [2.45, 2.75) is 65.7 Å². The van der Waals surface area contributed by atoms with Gasteiger partial charge in [0.2, 0.25) is 0 Å². The number of amides is 1. The first-order valence-electron chi connectivity index (χ1n) is 12.2. The van der Waals surface area contributed by atoms with E-state index in [0.29, 0.717) is 52.9 Å². The number of pyridine rings is 1. The molecule has 0 saturated carbocycles. The molecule has 0 N–H and O–H groups in total. The van der Waals surface area contributed by atoms with Gasteiger partial charge >= 0.3 is 12.1 Å². The Kier molecular flexibility index (Phi) is 7.07. The molecule has 4 heterocycles. The third-order valence-electron chi connectivity index (χ3n) is 5.69. The van der Waals surface area contributed by atoms with Crippen LogP contribution in [0.15, 0.2) is 30.9 Å². The number of esters is 1. The van der Waals surface area contributed by atoms with Crippen molar-refractivity contribution in [2.75, 3.05) is 24.5 Å². The van der Waals surface area contributed by atoms with Gasteiger partial charge in [-0.2, -0.15) is 0 Å². The predicted molar refractivity (Wildman–Crippen MR) is 141 cm³/mol. The number of ether oxygens (including phenoxy) is 2. The van der Waals surface area contributed by atoms with Crippen molar-refractivity contribution in [2.24, 2.45) is 0 Å². The molecule has 1 amide bonds. The summed E-state index contributed by atoms with van der Waals surface area (Å²) in [4.78, 5) is 43.3. The van der Waals surface area contributed by atoms with Crippen molar-refractivity contribution in [1.82, 2.24) is 24.4 Å². The Hall–Kier alpha value is -3.40. The van der Waals surface area contributed by atoms with Crippen LogP contribution >= 0.6 is 11.6 Å². The normalized spacial score (nSPS) is 16.7. The van der Waals surface area contributed by atoms with Gasteiger partial charge in [0, 0.05) is 49.2 Å². The molecule has 0 unspecified atom stereocenters. The maximum Gasteiger partial charge on any atom is 0.410 e. The van der Waals surface area contributed by atoms with Gasteiger partial charge in [-0.1, -0.05) is 11.6 Å². The second kappa shape index (κ2) is 9.81. The van der Waals surface area contributed by atoms with E-state index >= 15 is 0 Å². The predicted octanol–water partition coefficient (Wildman–Crippen LogP) is 4.87. The fourth-order valence-electron chi connectivity index (χ4n) is 4.22. The molecule has 1 atom stereocenters. The molecule has 0 aromatic carbocycles. The van der Waals surface area contributed by atoms with Gasteiger partial charge in [0.15, 0.2) is 5.65 Å². The molecule has 3 aromatic rings. The van der Waals surface area contributed by atoms with E-state index in [0.717, 1.165) is 0 Å². The summed E-state index contributed by atoms with van der Waals surface area (Å²) < 4.78 is 13.0. The summed E-state index contributed by atoms with van der Waals surface area (Å²) in [5, 5.41) is 1.06. The SMILES string of the molecule is C[C@H]1CN(C(=O)OC(C)(C)C)CCN1c1ncnc2c1c(C(=O)OC(C)(C)C)cn2-c1cc(Cl)ccn1. The summed E-state index contributed by atoms with van der Waals surface area (Å²) in [6.45, 7) is 14.4. The van der Waals surface area contributed by atoms with Gasteiger partial charge in [-0.15, -0.1) is 0 Å². The van der Waals surface area contributed by atoms with Crippen LogP contribution in [0.2, 0.25) is 5.02 Å². The first-order chi connectivity index (χ1) is 17.2. The zero-order valence-electron chi connectivity index (χ0n) is 22.3. The average molecular weight is 529 g/mol. The van der Waals surface area contributed by atoms with Crippen molar-refractivity contribution < 1.29 is 19.1 Å². The van der Waals surface area contributed by atoms with Gasteiger partial charge in [-0.25, -0.2) is 24.5 Å². The number of piperazine rings is 1. The lowest BCUT2D eigenvalue weighted by Crippen LogP contribution is -2.54. The molecule has 11 heteroatoms. The fourth-order valence-corrected chi connectivity index (χ4v) is 4.37. The third kappa shape index (κ3) is 5.95. The molecule has 0 spiro atoms. The van der Waals surface area contributed by atoms with Crippen LogP contribution in [0, 0.1) is 0 Å². The first kappa shape index (κ1) is 26.7. The molecule has 0 aliphatic carbocycles. The number of anilines is 1. The second-order valence-corrected chi connectivity index (χ2v) is 11.5. The van der Waals surface area contributed by atoms with E-state index < -0.39 is 17.2 Å². The molecule has 1 aliphatic heterocycles. The minimum absolute atomic E-state index is 0.0986. The number of hydrogen-bond donors (Lipinski definition) is 0. The number of carbonyl (C=O) groups excluding carboxylic acids is 2. The minimum Gasteiger partial charge on any atom is -0.456 e. The lowest BCUT2D eigenvalue weighted by molar-refractivity contribution is 0.00711. The zero-order valence-corrected chi connectivity index (χ0v) is 23.0. The lowest BCUT2D eigenvalue weighted by atomic mass is 10.1. The summed E-state index contributed by atoms with van der Waals surface area (Å²) in [7, 11) is 0. The Morgan fingerprint density at radius 2 is 1.73 bits per heavy atom. The summed E-state index contributed by atoms with van der Waals surface area (Å²) in [6, 6.07) is 3.28. The lowest BCUT2D eigenvalue weighted by Gasteiger charge is -2.41. The molecular formula is C26H33ClN6O4. The number of aromatic nitrogens is 4. The summed E-state index contributed by atoms with van der Waals surface area (Å²) in [6.07, 6.45) is 4.37. The van der Waals surface area contributed by atoms with Crippen molar-refractivity contribution >= 4 is 40.5 Å². The van der Waals surface area contributed by atoms with E-state index in [1.807, 2.05) is 48.5 Å². The van der Waals surface area contributed by atoms with Gasteiger partial charge in [0.1, 0.15) is 29.2 Å². The van der Waals surface area contributed by atoms with Crippen molar-refractivity contribution in [1.29, 1.82) is 0 Å². The van der Waals surface area contributed by atoms with Gasteiger partial charge in [-0.3, -0.25) is 4.57 Å². The van der Waals surface area contributed by atoms with E-state index in [-0.39, 0.29) is 12.1 Å². The topological polar surface area (TPSA) is 103 Å². The highest BCUT2D eigenvalue weighted by Crippen LogP contribution is 2.33. The third-order valence-corrected chi connectivity index (χ3v) is 5.92. The Labute approximate surface area is 221 Å². The number of halogens is 1. The molecule has 0 radical (unpaired) electrons. The maximum atomic E-state index is 13.4. The van der Waals surface area contributed by atoms with E-state index in [9.17, 15) is 9.59 Å². The van der Waals surface area contributed by atoms with Gasteiger partial charge in [0.25, 0.3) is 0 Å². The highest BCUT2D eigenvalue weighted by atomic mass is 35.5. The van der Waals surface area contributed by atoms with E-state index in [1.165, 1.54) is 6.33 Å². The molecule has 1 aliphatic rings. The maximum absolute atomic E-state index is 13.4. The fraction of sp³-hybridized carbons (Fsp3) is 0.500. The van der Waals surface area contributed by atoms with E-state index in [2.05, 4.69) is 19.9 Å². The van der Waals surface area contributed by atoms with Crippen LogP contribution in [0.25, 0.3) is 16.9 Å². The molecule has 4 rings (SSSR count). The zero-order chi connectivity index (χ0) is 27.1. The number of nitrogens with zero attached hydrogens (tertiary/aromatic N) is 6. The van der Waals surface area contributed by atoms with Crippen molar-refractivity contribution in [3.8, 4) is 5.82 Å². The van der Waals surface area contributed by atoms with Crippen LogP contribution in [0.5, 0.6) is 0 Å². The molecule has 0 bridgehead atoms. The molecule has 1 fully saturated rings. The number of carbonyl (C=O) groups is 2. The summed E-state index contributed by atoms with van der Waals surface area (Å²) in [5.74, 6) is 0.608. The number of hydrogen-bond acceptors (Lipinski definition) is 8. The van der Waals surface area contributed by atoms with E-state index in [1.54, 1.807) is 34.0 Å². The van der Waals surface area contributed by atoms with Crippen LogP contribution in [0.3, 0.4) is 0 Å². The molecule has 1 saturated heterocycles. The highest BCUT2D eigenvalue weighted by molar-refractivity contribution is 6.30. The van der Waals surface area contributed by atoms with Gasteiger partial charge in [-0.05, 0) is 54.5 Å². The Bertz CT molecular complexity index is 1330. The molecule has 10 nitrogen and oxygen atoms in total. The number of fused-ring (bicyclic) bond motifs is 1. The summed E-state index contributed by atoms with van der Waals surface area (Å²) >= 11 is 6.23. The number of rotatable bonds is 3. The highest BCUT2D eigenvalue weighted by Gasteiger charge is 2.33. The van der Waals surface area contributed by atoms with Crippen molar-refractivity contribution in [3.05, 3.63) is 41.4 Å². The van der Waals surface area contributed by atoms with Gasteiger partial charge in [0.05, 0.1) is 10.9 Å². The molecule has 198 valence electrons. The molecule has 3 aromatic heterocycles. The minimum atomic E-state index is -0.693. The second-order valence-electron chi connectivity index (χ2n) is 11.1. The van der Waals surface area contributed by atoms with Crippen LogP contribution in [-0.2, 0) is 9.47 Å². The van der Waals surface area contributed by atoms with Crippen LogP contribution < -0.4 is 4.90 Å². The Morgan fingerprint density at radius 3 is 2.35 bits per heavy atom. The van der Waals surface area contributed by atoms with Crippen LogP contribution in [0.4, 0.5) is 10.6 Å². The molecular weight excluding hydrogens is 496 g/mol. The monoisotopic (exact) mass is 528 g/mol. The average Bonchev–Trinajstić information content (AvgIpc) is 3.17. The van der Waals surface area contributed by atoms with Crippen LogP contribution in [-0.4, -0.2) is 73.4 Å². The largest absolute Gasteiger partial charge is 0.456 e. The Morgan fingerprint density at radius 1 is 1.03 bits per heavy atom. The quantitative estimate of drug-likeness (QED) is 0.444. The molecule has 37 heavy (non-hydrogen) atoms. The van der Waals surface area contributed by atoms with E-state index in [4.69, 9.17) is 21.1 Å². The Balaban J connectivity index is 1.77. The summed E-state index contributed by atoms with van der Waals surface area (Å²) in [5.41, 5.74) is -0.441. The van der Waals surface area contributed by atoms with Crippen LogP contribution in [0.1, 0.15) is 58.8 Å².